The fraction of sp³-hybridized carbons (Fsp3) is 0.364. The number of Topliss-reactive ketones (excluding diaryl/α,β-unsaturated/α-hetero) is 1. The summed E-state index contributed by atoms with van der Waals surface area (Å²) in [6, 6.07) is 5.35. The number of ketones is 1. The minimum Gasteiger partial charge on any atom is -0.298 e. The summed E-state index contributed by atoms with van der Waals surface area (Å²) in [5, 5.41) is 1.23. The lowest BCUT2D eigenvalue weighted by Gasteiger charge is -2.02. The number of halogens is 2. The molecule has 1 saturated carbocycles. The van der Waals surface area contributed by atoms with Crippen LogP contribution in [0.15, 0.2) is 23.1 Å². The molecule has 0 aromatic heterocycles. The molecule has 0 saturated heterocycles. The van der Waals surface area contributed by atoms with E-state index in [4.69, 9.17) is 23.2 Å². The van der Waals surface area contributed by atoms with Crippen molar-refractivity contribution < 1.29 is 4.79 Å². The molecule has 0 radical (unpaired) electrons. The van der Waals surface area contributed by atoms with Crippen molar-refractivity contribution in [1.82, 2.24) is 0 Å². The van der Waals surface area contributed by atoms with Gasteiger partial charge in [-0.05, 0) is 31.0 Å². The summed E-state index contributed by atoms with van der Waals surface area (Å²) in [5.74, 6) is 1.20. The van der Waals surface area contributed by atoms with E-state index in [2.05, 4.69) is 0 Å². The Bertz CT molecular complexity index is 368. The second-order valence-electron chi connectivity index (χ2n) is 3.63. The van der Waals surface area contributed by atoms with Crippen LogP contribution in [0.25, 0.3) is 0 Å². The summed E-state index contributed by atoms with van der Waals surface area (Å²) < 4.78 is 0. The molecule has 0 unspecified atom stereocenters. The molecule has 0 atom stereocenters. The number of carbonyl (C=O) groups is 1. The van der Waals surface area contributed by atoms with Gasteiger partial charge < -0.3 is 0 Å². The molecular weight excluding hydrogens is 251 g/mol. The van der Waals surface area contributed by atoms with Gasteiger partial charge in [0.15, 0.2) is 0 Å². The van der Waals surface area contributed by atoms with Gasteiger partial charge in [-0.25, -0.2) is 0 Å². The third-order valence-corrected chi connectivity index (χ3v) is 3.68. The maximum Gasteiger partial charge on any atom is 0.146 e. The molecule has 80 valence electrons. The number of hydrogen-bond acceptors (Lipinski definition) is 2. The zero-order valence-corrected chi connectivity index (χ0v) is 10.3. The zero-order chi connectivity index (χ0) is 10.8. The summed E-state index contributed by atoms with van der Waals surface area (Å²) >= 11 is 13.2. The normalized spacial score (nSPS) is 15.3. The molecule has 2 rings (SSSR count). The van der Waals surface area contributed by atoms with Crippen LogP contribution in [0, 0.1) is 5.92 Å². The summed E-state index contributed by atoms with van der Waals surface area (Å²) in [6.07, 6.45) is 2.13. The summed E-state index contributed by atoms with van der Waals surface area (Å²) in [6.45, 7) is 0. The molecule has 0 aliphatic heterocycles. The second kappa shape index (κ2) is 4.77. The molecule has 15 heavy (non-hydrogen) atoms. The fourth-order valence-corrected chi connectivity index (χ4v) is 2.91. The van der Waals surface area contributed by atoms with Gasteiger partial charge in [-0.1, -0.05) is 23.2 Å². The van der Waals surface area contributed by atoms with Gasteiger partial charge in [0.05, 0.1) is 5.75 Å². The van der Waals surface area contributed by atoms with Gasteiger partial charge >= 0.3 is 0 Å². The highest BCUT2D eigenvalue weighted by atomic mass is 35.5. The number of carbonyl (C=O) groups excluding carboxylic acids is 1. The molecule has 0 spiro atoms. The third kappa shape index (κ3) is 3.40. The first-order valence-electron chi connectivity index (χ1n) is 4.77. The SMILES string of the molecule is O=C(CSc1cc(Cl)cc(Cl)c1)C1CC1. The monoisotopic (exact) mass is 260 g/mol. The molecule has 4 heteroatoms. The van der Waals surface area contributed by atoms with Crippen molar-refractivity contribution >= 4 is 40.7 Å². The largest absolute Gasteiger partial charge is 0.298 e. The molecule has 1 aromatic rings. The predicted octanol–water partition coefficient (Wildman–Crippen LogP) is 4.06. The Morgan fingerprint density at radius 1 is 1.27 bits per heavy atom. The van der Waals surface area contributed by atoms with Crippen molar-refractivity contribution in [2.45, 2.75) is 17.7 Å². The van der Waals surface area contributed by atoms with Crippen molar-refractivity contribution in [3.05, 3.63) is 28.2 Å². The van der Waals surface area contributed by atoms with Gasteiger partial charge in [0.25, 0.3) is 0 Å². The van der Waals surface area contributed by atoms with E-state index in [9.17, 15) is 4.79 Å². The van der Waals surface area contributed by atoms with Crippen LogP contribution < -0.4 is 0 Å². The Labute approximate surface area is 103 Å². The van der Waals surface area contributed by atoms with Crippen molar-refractivity contribution in [3.8, 4) is 0 Å². The second-order valence-corrected chi connectivity index (χ2v) is 5.56. The molecule has 0 heterocycles. The fourth-order valence-electron chi connectivity index (χ4n) is 1.29. The van der Waals surface area contributed by atoms with Gasteiger partial charge in [0, 0.05) is 20.9 Å². The Balaban J connectivity index is 1.94. The predicted molar refractivity (Wildman–Crippen MR) is 64.9 cm³/mol. The first-order valence-corrected chi connectivity index (χ1v) is 6.51. The highest BCUT2D eigenvalue weighted by molar-refractivity contribution is 8.00. The maximum atomic E-state index is 11.5. The van der Waals surface area contributed by atoms with Gasteiger partial charge in [0.2, 0.25) is 0 Å². The van der Waals surface area contributed by atoms with E-state index in [1.54, 1.807) is 6.07 Å². The van der Waals surface area contributed by atoms with Crippen LogP contribution in [0.2, 0.25) is 10.0 Å². The molecule has 1 aliphatic rings. The van der Waals surface area contributed by atoms with E-state index in [-0.39, 0.29) is 0 Å². The molecule has 1 fully saturated rings. The Hall–Kier alpha value is -0.180. The summed E-state index contributed by atoms with van der Waals surface area (Å²) in [5.41, 5.74) is 0. The van der Waals surface area contributed by atoms with Crippen LogP contribution in [-0.2, 0) is 4.79 Å². The van der Waals surface area contributed by atoms with Crippen LogP contribution in [0.4, 0.5) is 0 Å². The number of rotatable bonds is 4. The maximum absolute atomic E-state index is 11.5. The van der Waals surface area contributed by atoms with Crippen molar-refractivity contribution in [2.75, 3.05) is 5.75 Å². The van der Waals surface area contributed by atoms with E-state index >= 15 is 0 Å². The van der Waals surface area contributed by atoms with Crippen LogP contribution in [0.3, 0.4) is 0 Å². The van der Waals surface area contributed by atoms with Gasteiger partial charge in [-0.15, -0.1) is 11.8 Å². The standard InChI is InChI=1S/C11H10Cl2OS/c12-8-3-9(13)5-10(4-8)15-6-11(14)7-1-2-7/h3-5,7H,1-2,6H2. The summed E-state index contributed by atoms with van der Waals surface area (Å²) in [7, 11) is 0. The molecule has 0 amide bonds. The quantitative estimate of drug-likeness (QED) is 0.760. The van der Waals surface area contributed by atoms with Crippen LogP contribution in [-0.4, -0.2) is 11.5 Å². The minimum absolute atomic E-state index is 0.326. The average molecular weight is 261 g/mol. The van der Waals surface area contributed by atoms with E-state index < -0.39 is 0 Å². The highest BCUT2D eigenvalue weighted by Crippen LogP contribution is 2.33. The number of thioether (sulfide) groups is 1. The lowest BCUT2D eigenvalue weighted by Crippen LogP contribution is -2.02. The van der Waals surface area contributed by atoms with Gasteiger partial charge in [-0.2, -0.15) is 0 Å². The van der Waals surface area contributed by atoms with E-state index in [1.807, 2.05) is 12.1 Å². The Kier molecular flexibility index (Phi) is 3.60. The van der Waals surface area contributed by atoms with Crippen molar-refractivity contribution in [1.29, 1.82) is 0 Å². The smallest absolute Gasteiger partial charge is 0.146 e. The zero-order valence-electron chi connectivity index (χ0n) is 8.00. The third-order valence-electron chi connectivity index (χ3n) is 2.25. The minimum atomic E-state index is 0.326. The van der Waals surface area contributed by atoms with Crippen molar-refractivity contribution in [3.63, 3.8) is 0 Å². The van der Waals surface area contributed by atoms with E-state index in [1.165, 1.54) is 11.8 Å². The lowest BCUT2D eigenvalue weighted by molar-refractivity contribution is -0.117. The van der Waals surface area contributed by atoms with Crippen LogP contribution >= 0.6 is 35.0 Å². The van der Waals surface area contributed by atoms with E-state index in [0.717, 1.165) is 17.7 Å². The lowest BCUT2D eigenvalue weighted by atomic mass is 10.3. The molecule has 0 N–H and O–H groups in total. The van der Waals surface area contributed by atoms with E-state index in [0.29, 0.717) is 27.5 Å². The first-order chi connectivity index (χ1) is 7.15. The molecular formula is C11H10Cl2OS. The van der Waals surface area contributed by atoms with Crippen LogP contribution in [0.5, 0.6) is 0 Å². The highest BCUT2D eigenvalue weighted by Gasteiger charge is 2.28. The van der Waals surface area contributed by atoms with Crippen molar-refractivity contribution in [2.24, 2.45) is 5.92 Å². The van der Waals surface area contributed by atoms with Gasteiger partial charge in [-0.3, -0.25) is 4.79 Å². The Morgan fingerprint density at radius 2 is 1.87 bits per heavy atom. The molecule has 1 aliphatic carbocycles. The molecule has 1 aromatic carbocycles. The molecule has 0 bridgehead atoms. The molecule has 1 nitrogen and oxygen atoms in total. The first kappa shape index (κ1) is 11.3. The topological polar surface area (TPSA) is 17.1 Å². The summed E-state index contributed by atoms with van der Waals surface area (Å²) in [4.78, 5) is 12.4. The Morgan fingerprint density at radius 3 is 2.40 bits per heavy atom. The number of hydrogen-bond donors (Lipinski definition) is 0. The average Bonchev–Trinajstić information content (AvgIpc) is 2.95. The van der Waals surface area contributed by atoms with Crippen LogP contribution in [0.1, 0.15) is 12.8 Å². The number of benzene rings is 1. The van der Waals surface area contributed by atoms with Gasteiger partial charge in [0.1, 0.15) is 5.78 Å².